The molecular formula is C34H42N2O. The Labute approximate surface area is 223 Å². The van der Waals surface area contributed by atoms with Crippen molar-refractivity contribution in [2.24, 2.45) is 5.92 Å². The molecule has 1 aliphatic heterocycles. The Bertz CT molecular complexity index is 1150. The average molecular weight is 495 g/mol. The van der Waals surface area contributed by atoms with Crippen molar-refractivity contribution < 1.29 is 4.74 Å². The summed E-state index contributed by atoms with van der Waals surface area (Å²) in [5, 5.41) is 0. The minimum Gasteiger partial charge on any atom is -0.497 e. The summed E-state index contributed by atoms with van der Waals surface area (Å²) in [6, 6.07) is 29.8. The Balaban J connectivity index is 1.56. The first-order valence-corrected chi connectivity index (χ1v) is 14.2. The molecule has 3 aromatic rings. The topological polar surface area (TPSA) is 15.7 Å². The molecule has 3 heteroatoms. The molecule has 5 rings (SSSR count). The second kappa shape index (κ2) is 12.0. The van der Waals surface area contributed by atoms with E-state index >= 15 is 0 Å². The summed E-state index contributed by atoms with van der Waals surface area (Å²) in [5.41, 5.74) is 8.14. The minimum atomic E-state index is 0.581. The van der Waals surface area contributed by atoms with Gasteiger partial charge in [0.25, 0.3) is 0 Å². The minimum absolute atomic E-state index is 0.581. The third kappa shape index (κ3) is 5.93. The molecule has 3 aromatic carbocycles. The fraction of sp³-hybridized carbons (Fsp3) is 0.412. The molecule has 2 fully saturated rings. The van der Waals surface area contributed by atoms with Crippen LogP contribution in [0.2, 0.25) is 0 Å². The van der Waals surface area contributed by atoms with Gasteiger partial charge in [0.1, 0.15) is 5.75 Å². The van der Waals surface area contributed by atoms with Crippen LogP contribution in [0.5, 0.6) is 5.75 Å². The number of rotatable bonds is 7. The zero-order valence-electron chi connectivity index (χ0n) is 22.8. The van der Waals surface area contributed by atoms with Gasteiger partial charge in [0.2, 0.25) is 0 Å². The maximum absolute atomic E-state index is 5.50. The lowest BCUT2D eigenvalue weighted by molar-refractivity contribution is 0.209. The summed E-state index contributed by atoms with van der Waals surface area (Å²) in [6.07, 6.45) is 6.52. The molecular weight excluding hydrogens is 452 g/mol. The largest absolute Gasteiger partial charge is 0.497 e. The van der Waals surface area contributed by atoms with Crippen LogP contribution in [0.4, 0.5) is 5.69 Å². The van der Waals surface area contributed by atoms with E-state index in [4.69, 9.17) is 4.74 Å². The van der Waals surface area contributed by atoms with Crippen LogP contribution >= 0.6 is 0 Å². The van der Waals surface area contributed by atoms with E-state index in [1.54, 1.807) is 7.11 Å². The monoisotopic (exact) mass is 494 g/mol. The summed E-state index contributed by atoms with van der Waals surface area (Å²) in [5.74, 6) is 1.48. The van der Waals surface area contributed by atoms with Crippen LogP contribution in [0.25, 0.3) is 11.1 Å². The highest BCUT2D eigenvalue weighted by Crippen LogP contribution is 2.43. The van der Waals surface area contributed by atoms with Crippen molar-refractivity contribution in [1.29, 1.82) is 0 Å². The van der Waals surface area contributed by atoms with Gasteiger partial charge in [-0.25, -0.2) is 0 Å². The van der Waals surface area contributed by atoms with Gasteiger partial charge in [-0.2, -0.15) is 0 Å². The third-order valence-corrected chi connectivity index (χ3v) is 8.31. The predicted octanol–water partition coefficient (Wildman–Crippen LogP) is 7.77. The van der Waals surface area contributed by atoms with Gasteiger partial charge in [0.05, 0.1) is 7.11 Å². The van der Waals surface area contributed by atoms with E-state index in [1.807, 2.05) is 0 Å². The van der Waals surface area contributed by atoms with Gasteiger partial charge in [-0.05, 0) is 84.7 Å². The molecule has 0 N–H and O–H groups in total. The number of hydrogen-bond donors (Lipinski definition) is 0. The smallest absolute Gasteiger partial charge is 0.118 e. The highest BCUT2D eigenvalue weighted by molar-refractivity contribution is 5.99. The highest BCUT2D eigenvalue weighted by Gasteiger charge is 2.25. The number of methoxy groups -OCH3 is 1. The van der Waals surface area contributed by atoms with Gasteiger partial charge in [0.15, 0.2) is 0 Å². The van der Waals surface area contributed by atoms with Crippen molar-refractivity contribution in [3.8, 4) is 5.75 Å². The zero-order valence-corrected chi connectivity index (χ0v) is 22.8. The van der Waals surface area contributed by atoms with Crippen LogP contribution in [0.15, 0.2) is 78.9 Å². The summed E-state index contributed by atoms with van der Waals surface area (Å²) in [4.78, 5) is 5.12. The van der Waals surface area contributed by atoms with Gasteiger partial charge in [-0.3, -0.25) is 4.90 Å². The van der Waals surface area contributed by atoms with E-state index < -0.39 is 0 Å². The molecule has 0 amide bonds. The lowest BCUT2D eigenvalue weighted by atomic mass is 9.76. The van der Waals surface area contributed by atoms with E-state index in [9.17, 15) is 0 Å². The van der Waals surface area contributed by atoms with Gasteiger partial charge in [-0.1, -0.05) is 73.9 Å². The van der Waals surface area contributed by atoms with Crippen LogP contribution in [-0.4, -0.2) is 44.2 Å². The SMILES string of the molecule is COc1ccc(/C(=C(/c2ccccc2)C2CCCCC2)c2ccc(N3CCN(C(C)C)CC3)cc2)cc1. The fourth-order valence-corrected chi connectivity index (χ4v) is 6.16. The highest BCUT2D eigenvalue weighted by atomic mass is 16.5. The Hall–Kier alpha value is -3.04. The Morgan fingerprint density at radius 2 is 1.30 bits per heavy atom. The number of nitrogens with zero attached hydrogens (tertiary/aromatic N) is 2. The average Bonchev–Trinajstić information content (AvgIpc) is 2.97. The molecule has 194 valence electrons. The number of piperazine rings is 1. The first kappa shape index (κ1) is 25.6. The third-order valence-electron chi connectivity index (χ3n) is 8.31. The summed E-state index contributed by atoms with van der Waals surface area (Å²) in [7, 11) is 1.74. The predicted molar refractivity (Wildman–Crippen MR) is 157 cm³/mol. The van der Waals surface area contributed by atoms with Crippen molar-refractivity contribution in [1.82, 2.24) is 4.90 Å². The number of allylic oxidation sites excluding steroid dienone is 1. The Morgan fingerprint density at radius 1 is 0.703 bits per heavy atom. The van der Waals surface area contributed by atoms with Gasteiger partial charge < -0.3 is 9.64 Å². The molecule has 37 heavy (non-hydrogen) atoms. The second-order valence-electron chi connectivity index (χ2n) is 10.9. The van der Waals surface area contributed by atoms with Gasteiger partial charge in [0, 0.05) is 37.9 Å². The second-order valence-corrected chi connectivity index (χ2v) is 10.9. The molecule has 1 saturated carbocycles. The van der Waals surface area contributed by atoms with Crippen LogP contribution in [0.3, 0.4) is 0 Å². The molecule has 1 saturated heterocycles. The normalized spacial score (nSPS) is 18.1. The van der Waals surface area contributed by atoms with Crippen molar-refractivity contribution in [2.45, 2.75) is 52.0 Å². The van der Waals surface area contributed by atoms with E-state index in [0.717, 1.165) is 31.9 Å². The molecule has 0 spiro atoms. The molecule has 0 radical (unpaired) electrons. The van der Waals surface area contributed by atoms with E-state index in [1.165, 1.54) is 65.6 Å². The Kier molecular flexibility index (Phi) is 8.31. The first-order valence-electron chi connectivity index (χ1n) is 14.2. The standard InChI is InChI=1S/C34H42N2O/c1-26(2)35-22-24-36(25-23-35)31-18-14-29(15-19-31)34(30-16-20-32(37-3)21-17-30)33(27-10-6-4-7-11-27)28-12-8-5-9-13-28/h4,6-7,10-11,14-21,26,28H,5,8-9,12-13,22-25H2,1-3H3/b34-33-. The molecule has 3 nitrogen and oxygen atoms in total. The van der Waals surface area contributed by atoms with Crippen molar-refractivity contribution in [3.63, 3.8) is 0 Å². The van der Waals surface area contributed by atoms with Crippen LogP contribution in [-0.2, 0) is 0 Å². The molecule has 1 aliphatic carbocycles. The molecule has 0 atom stereocenters. The van der Waals surface area contributed by atoms with Gasteiger partial charge >= 0.3 is 0 Å². The number of hydrogen-bond acceptors (Lipinski definition) is 3. The number of ether oxygens (including phenoxy) is 1. The fourth-order valence-electron chi connectivity index (χ4n) is 6.16. The van der Waals surface area contributed by atoms with Gasteiger partial charge in [-0.15, -0.1) is 0 Å². The summed E-state index contributed by atoms with van der Waals surface area (Å²) >= 11 is 0. The van der Waals surface area contributed by atoms with Crippen LogP contribution in [0, 0.1) is 5.92 Å². The molecule has 0 aromatic heterocycles. The van der Waals surface area contributed by atoms with Crippen LogP contribution in [0.1, 0.15) is 62.6 Å². The maximum Gasteiger partial charge on any atom is 0.118 e. The number of benzene rings is 3. The summed E-state index contributed by atoms with van der Waals surface area (Å²) in [6.45, 7) is 9.06. The lowest BCUT2D eigenvalue weighted by Crippen LogP contribution is -2.48. The molecule has 0 bridgehead atoms. The lowest BCUT2D eigenvalue weighted by Gasteiger charge is -2.38. The van der Waals surface area contributed by atoms with Crippen molar-refractivity contribution in [3.05, 3.63) is 95.6 Å². The Morgan fingerprint density at radius 3 is 1.86 bits per heavy atom. The molecule has 0 unspecified atom stereocenters. The van der Waals surface area contributed by atoms with E-state index in [0.29, 0.717) is 12.0 Å². The molecule has 1 heterocycles. The van der Waals surface area contributed by atoms with E-state index in [-0.39, 0.29) is 0 Å². The van der Waals surface area contributed by atoms with Crippen molar-refractivity contribution >= 4 is 16.8 Å². The zero-order chi connectivity index (χ0) is 25.6. The maximum atomic E-state index is 5.50. The number of anilines is 1. The molecule has 2 aliphatic rings. The quantitative estimate of drug-likeness (QED) is 0.312. The van der Waals surface area contributed by atoms with E-state index in [2.05, 4.69) is 103 Å². The van der Waals surface area contributed by atoms with Crippen LogP contribution < -0.4 is 9.64 Å². The first-order chi connectivity index (χ1) is 18.1. The van der Waals surface area contributed by atoms with Crippen molar-refractivity contribution in [2.75, 3.05) is 38.2 Å². The summed E-state index contributed by atoms with van der Waals surface area (Å²) < 4.78 is 5.50.